The second-order valence-electron chi connectivity index (χ2n) is 3.03. The van der Waals surface area contributed by atoms with Crippen LogP contribution in [0.5, 0.6) is 0 Å². The van der Waals surface area contributed by atoms with Gasteiger partial charge in [0.05, 0.1) is 0 Å². The molecule has 0 bridgehead atoms. The lowest BCUT2D eigenvalue weighted by molar-refractivity contribution is 0.584. The van der Waals surface area contributed by atoms with Gasteiger partial charge < -0.3 is 0 Å². The SMILES string of the molecule is Fc1cc(F)cc(-c2ccnc(Br)c2)c1. The van der Waals surface area contributed by atoms with Gasteiger partial charge in [0.1, 0.15) is 16.2 Å². The Morgan fingerprint density at radius 3 is 2.20 bits per heavy atom. The van der Waals surface area contributed by atoms with Gasteiger partial charge in [0.25, 0.3) is 0 Å². The number of pyridine rings is 1. The van der Waals surface area contributed by atoms with Crippen molar-refractivity contribution in [1.82, 2.24) is 4.98 Å². The van der Waals surface area contributed by atoms with E-state index in [1.807, 2.05) is 0 Å². The number of benzene rings is 1. The van der Waals surface area contributed by atoms with E-state index in [0.717, 1.165) is 11.6 Å². The first-order chi connectivity index (χ1) is 7.15. The van der Waals surface area contributed by atoms with E-state index < -0.39 is 11.6 Å². The third kappa shape index (κ3) is 2.39. The van der Waals surface area contributed by atoms with Gasteiger partial charge in [-0.15, -0.1) is 0 Å². The summed E-state index contributed by atoms with van der Waals surface area (Å²) in [6.45, 7) is 0. The summed E-state index contributed by atoms with van der Waals surface area (Å²) in [5.74, 6) is -1.17. The number of nitrogens with zero attached hydrogens (tertiary/aromatic N) is 1. The van der Waals surface area contributed by atoms with Crippen LogP contribution in [0.3, 0.4) is 0 Å². The minimum atomic E-state index is -0.585. The summed E-state index contributed by atoms with van der Waals surface area (Å²) in [4.78, 5) is 3.94. The summed E-state index contributed by atoms with van der Waals surface area (Å²) in [5, 5.41) is 0. The predicted octanol–water partition coefficient (Wildman–Crippen LogP) is 3.79. The Hall–Kier alpha value is -1.29. The fourth-order valence-corrected chi connectivity index (χ4v) is 1.67. The van der Waals surface area contributed by atoms with E-state index in [0.29, 0.717) is 10.2 Å². The molecule has 1 aromatic carbocycles. The highest BCUT2D eigenvalue weighted by molar-refractivity contribution is 9.10. The average molecular weight is 270 g/mol. The smallest absolute Gasteiger partial charge is 0.126 e. The van der Waals surface area contributed by atoms with Crippen LogP contribution in [-0.4, -0.2) is 4.98 Å². The molecule has 15 heavy (non-hydrogen) atoms. The van der Waals surface area contributed by atoms with Crippen molar-refractivity contribution in [3.05, 3.63) is 52.8 Å². The van der Waals surface area contributed by atoms with E-state index in [4.69, 9.17) is 0 Å². The third-order valence-corrected chi connectivity index (χ3v) is 2.36. The molecule has 0 saturated heterocycles. The Morgan fingerprint density at radius 2 is 1.60 bits per heavy atom. The maximum absolute atomic E-state index is 12.9. The topological polar surface area (TPSA) is 12.9 Å². The van der Waals surface area contributed by atoms with Crippen LogP contribution in [0.15, 0.2) is 41.1 Å². The minimum Gasteiger partial charge on any atom is -0.249 e. The molecule has 0 N–H and O–H groups in total. The highest BCUT2D eigenvalue weighted by atomic mass is 79.9. The Labute approximate surface area is 93.9 Å². The van der Waals surface area contributed by atoms with E-state index in [2.05, 4.69) is 20.9 Å². The van der Waals surface area contributed by atoms with E-state index in [9.17, 15) is 8.78 Å². The van der Waals surface area contributed by atoms with Crippen molar-refractivity contribution in [2.24, 2.45) is 0 Å². The second-order valence-corrected chi connectivity index (χ2v) is 3.84. The molecule has 0 saturated carbocycles. The summed E-state index contributed by atoms with van der Waals surface area (Å²) in [6.07, 6.45) is 1.57. The number of hydrogen-bond donors (Lipinski definition) is 0. The molecule has 0 spiro atoms. The minimum absolute atomic E-state index is 0.496. The van der Waals surface area contributed by atoms with Crippen molar-refractivity contribution in [3.8, 4) is 11.1 Å². The molecule has 0 aliphatic carbocycles. The standard InChI is InChI=1S/C11H6BrF2N/c12-11-5-7(1-2-15-11)8-3-9(13)6-10(14)4-8/h1-6H. The number of hydrogen-bond acceptors (Lipinski definition) is 1. The molecule has 0 unspecified atom stereocenters. The van der Waals surface area contributed by atoms with Gasteiger partial charge in [-0.05, 0) is 51.3 Å². The van der Waals surface area contributed by atoms with Gasteiger partial charge in [0.2, 0.25) is 0 Å². The number of halogens is 3. The maximum Gasteiger partial charge on any atom is 0.126 e. The fourth-order valence-electron chi connectivity index (χ4n) is 1.30. The van der Waals surface area contributed by atoms with E-state index in [-0.39, 0.29) is 0 Å². The van der Waals surface area contributed by atoms with Gasteiger partial charge in [0, 0.05) is 12.3 Å². The molecular weight excluding hydrogens is 264 g/mol. The van der Waals surface area contributed by atoms with Crippen LogP contribution < -0.4 is 0 Å². The molecule has 1 aromatic heterocycles. The Morgan fingerprint density at radius 1 is 0.933 bits per heavy atom. The summed E-state index contributed by atoms with van der Waals surface area (Å²) in [7, 11) is 0. The zero-order chi connectivity index (χ0) is 10.8. The number of aromatic nitrogens is 1. The lowest BCUT2D eigenvalue weighted by atomic mass is 10.1. The second kappa shape index (κ2) is 4.06. The Kier molecular flexibility index (Phi) is 2.77. The molecule has 1 nitrogen and oxygen atoms in total. The first kappa shape index (κ1) is 10.2. The highest BCUT2D eigenvalue weighted by Crippen LogP contribution is 2.23. The summed E-state index contributed by atoms with van der Waals surface area (Å²) < 4.78 is 26.5. The van der Waals surface area contributed by atoms with Gasteiger partial charge in [-0.1, -0.05) is 0 Å². The summed E-state index contributed by atoms with van der Waals surface area (Å²) in [6, 6.07) is 6.81. The average Bonchev–Trinajstić information content (AvgIpc) is 2.16. The molecule has 0 fully saturated rings. The third-order valence-electron chi connectivity index (χ3n) is 1.92. The fraction of sp³-hybridized carbons (Fsp3) is 0. The van der Waals surface area contributed by atoms with Crippen molar-refractivity contribution in [2.75, 3.05) is 0 Å². The van der Waals surface area contributed by atoms with Gasteiger partial charge in [-0.3, -0.25) is 0 Å². The van der Waals surface area contributed by atoms with E-state index in [1.165, 1.54) is 12.1 Å². The highest BCUT2D eigenvalue weighted by Gasteiger charge is 2.03. The molecule has 1 heterocycles. The van der Waals surface area contributed by atoms with Crippen LogP contribution in [-0.2, 0) is 0 Å². The summed E-state index contributed by atoms with van der Waals surface area (Å²) in [5.41, 5.74) is 1.21. The van der Waals surface area contributed by atoms with Crippen LogP contribution in [0.4, 0.5) is 8.78 Å². The van der Waals surface area contributed by atoms with Crippen LogP contribution in [0.25, 0.3) is 11.1 Å². The summed E-state index contributed by atoms with van der Waals surface area (Å²) >= 11 is 3.20. The first-order valence-corrected chi connectivity index (χ1v) is 5.02. The van der Waals surface area contributed by atoms with Crippen molar-refractivity contribution >= 4 is 15.9 Å². The lowest BCUT2D eigenvalue weighted by Crippen LogP contribution is -1.85. The quantitative estimate of drug-likeness (QED) is 0.718. The van der Waals surface area contributed by atoms with Crippen LogP contribution >= 0.6 is 15.9 Å². The lowest BCUT2D eigenvalue weighted by Gasteiger charge is -2.02. The normalized spacial score (nSPS) is 10.3. The molecule has 0 amide bonds. The number of rotatable bonds is 1. The maximum atomic E-state index is 12.9. The van der Waals surface area contributed by atoms with Crippen LogP contribution in [0.2, 0.25) is 0 Å². The predicted molar refractivity (Wildman–Crippen MR) is 57.3 cm³/mol. The van der Waals surface area contributed by atoms with Crippen molar-refractivity contribution < 1.29 is 8.78 Å². The molecule has 2 aromatic rings. The van der Waals surface area contributed by atoms with Crippen molar-refractivity contribution in [3.63, 3.8) is 0 Å². The van der Waals surface area contributed by atoms with E-state index >= 15 is 0 Å². The van der Waals surface area contributed by atoms with Crippen LogP contribution in [0.1, 0.15) is 0 Å². The zero-order valence-electron chi connectivity index (χ0n) is 7.55. The van der Waals surface area contributed by atoms with Gasteiger partial charge in [-0.25, -0.2) is 13.8 Å². The molecule has 0 radical (unpaired) electrons. The zero-order valence-corrected chi connectivity index (χ0v) is 9.13. The van der Waals surface area contributed by atoms with Crippen molar-refractivity contribution in [2.45, 2.75) is 0 Å². The molecular formula is C11H6BrF2N. The molecule has 2 rings (SSSR count). The van der Waals surface area contributed by atoms with E-state index in [1.54, 1.807) is 18.3 Å². The molecule has 76 valence electrons. The van der Waals surface area contributed by atoms with Crippen molar-refractivity contribution in [1.29, 1.82) is 0 Å². The molecule has 0 atom stereocenters. The molecule has 4 heteroatoms. The Bertz CT molecular complexity index is 479. The largest absolute Gasteiger partial charge is 0.249 e. The Balaban J connectivity index is 2.54. The monoisotopic (exact) mass is 269 g/mol. The van der Waals surface area contributed by atoms with Gasteiger partial charge in [-0.2, -0.15) is 0 Å². The van der Waals surface area contributed by atoms with Gasteiger partial charge >= 0.3 is 0 Å². The molecule has 0 aliphatic rings. The van der Waals surface area contributed by atoms with Crippen LogP contribution in [0, 0.1) is 11.6 Å². The van der Waals surface area contributed by atoms with Gasteiger partial charge in [0.15, 0.2) is 0 Å². The first-order valence-electron chi connectivity index (χ1n) is 4.23. The molecule has 0 aliphatic heterocycles.